The minimum atomic E-state index is -1.17. The van der Waals surface area contributed by atoms with Crippen LogP contribution in [0.1, 0.15) is 75.8 Å². The fourth-order valence-corrected chi connectivity index (χ4v) is 11.6. The van der Waals surface area contributed by atoms with E-state index in [1.165, 1.54) is 50.2 Å². The van der Waals surface area contributed by atoms with Crippen LogP contribution in [0.4, 0.5) is 11.4 Å². The molecule has 5 heteroatoms. The van der Waals surface area contributed by atoms with Gasteiger partial charge in [-0.3, -0.25) is 0 Å². The number of benzene rings is 7. The number of ether oxygens (including phenoxy) is 2. The molecule has 0 radical (unpaired) electrons. The molecule has 7 aromatic carbocycles. The third-order valence-electron chi connectivity index (χ3n) is 12.4. The molecule has 302 valence electrons. The molecule has 0 amide bonds. The molecule has 3 heterocycles. The minimum absolute atomic E-state index is 0.587. The van der Waals surface area contributed by atoms with Crippen molar-refractivity contribution in [1.29, 1.82) is 0 Å². The number of nitrogens with zero attached hydrogens (tertiary/aromatic N) is 2. The van der Waals surface area contributed by atoms with Gasteiger partial charge in [-0.25, -0.2) is 0 Å². The summed E-state index contributed by atoms with van der Waals surface area (Å²) in [4.78, 5) is 0. The van der Waals surface area contributed by atoms with E-state index in [1.54, 1.807) is 0 Å². The van der Waals surface area contributed by atoms with Crippen molar-refractivity contribution in [2.45, 2.75) is 78.2 Å². The van der Waals surface area contributed by atoms with Crippen LogP contribution in [0.3, 0.4) is 0 Å². The summed E-state index contributed by atoms with van der Waals surface area (Å²) in [6.07, 6.45) is 13.3. The highest BCUT2D eigenvalue weighted by Gasteiger charge is 2.72. The summed E-state index contributed by atoms with van der Waals surface area (Å²) in [5.74, 6) is 1.76. The zero-order chi connectivity index (χ0) is 41.3. The van der Waals surface area contributed by atoms with E-state index in [0.717, 1.165) is 90.1 Å². The largest absolute Gasteiger partial charge is 0.715 e. The number of hydrogen-bond donors (Lipinski definition) is 0. The molecule has 7 aromatic rings. The number of para-hydroxylation sites is 2. The molecule has 0 fully saturated rings. The highest BCUT2D eigenvalue weighted by molar-refractivity contribution is 7.79. The highest BCUT2D eigenvalue weighted by Crippen LogP contribution is 2.49. The number of unbranched alkanes of at least 4 members (excludes halogenated alkanes) is 2. The Morgan fingerprint density at radius 1 is 0.426 bits per heavy atom. The predicted octanol–water partition coefficient (Wildman–Crippen LogP) is 11.4. The Balaban J connectivity index is 0.833. The molecule has 4 nitrogen and oxygen atoms in total. The van der Waals surface area contributed by atoms with Gasteiger partial charge in [-0.1, -0.05) is 139 Å². The second-order valence-corrected chi connectivity index (χ2v) is 19.2. The molecular weight excluding hydrogens is 764 g/mol. The summed E-state index contributed by atoms with van der Waals surface area (Å²) in [5.41, 5.74) is 13.4. The van der Waals surface area contributed by atoms with Crippen molar-refractivity contribution >= 4 is 47.6 Å². The van der Waals surface area contributed by atoms with Crippen LogP contribution in [0.25, 0.3) is 0 Å². The first-order valence-corrected chi connectivity index (χ1v) is 23.3. The van der Waals surface area contributed by atoms with Gasteiger partial charge in [0.15, 0.2) is 23.9 Å². The van der Waals surface area contributed by atoms with E-state index in [0.29, 0.717) is 0 Å². The Morgan fingerprint density at radius 2 is 0.820 bits per heavy atom. The Labute approximate surface area is 362 Å². The molecule has 0 N–H and O–H groups in total. The lowest BCUT2D eigenvalue weighted by molar-refractivity contribution is -0.831. The summed E-state index contributed by atoms with van der Waals surface area (Å²) in [6.45, 7) is 6.49. The molecule has 3 aliphatic rings. The van der Waals surface area contributed by atoms with Crippen molar-refractivity contribution in [3.63, 3.8) is 0 Å². The molecule has 1 atom stereocenters. The first kappa shape index (κ1) is 39.1. The van der Waals surface area contributed by atoms with E-state index in [-0.39, 0.29) is 0 Å². The zero-order valence-corrected chi connectivity index (χ0v) is 36.4. The highest BCUT2D eigenvalue weighted by atomic mass is 31.1. The quantitative estimate of drug-likeness (QED) is 0.0658. The zero-order valence-electron chi connectivity index (χ0n) is 35.5. The predicted molar refractivity (Wildman–Crippen MR) is 253 cm³/mol. The van der Waals surface area contributed by atoms with Gasteiger partial charge in [-0.05, 0) is 151 Å². The normalized spacial score (nSPS) is 15.7. The average molecular weight is 817 g/mol. The number of hydrogen-bond acceptors (Lipinski definition) is 2. The summed E-state index contributed by atoms with van der Waals surface area (Å²) in [6, 6.07) is 56.9. The first-order valence-electron chi connectivity index (χ1n) is 22.0. The Morgan fingerprint density at radius 3 is 1.28 bits per heavy atom. The summed E-state index contributed by atoms with van der Waals surface area (Å²) >= 11 is 0. The maximum absolute atomic E-state index is 7.12. The van der Waals surface area contributed by atoms with Crippen LogP contribution in [0.5, 0.6) is 11.5 Å². The second kappa shape index (κ2) is 16.8. The lowest BCUT2D eigenvalue weighted by atomic mass is 9.98. The van der Waals surface area contributed by atoms with E-state index in [2.05, 4.69) is 200 Å². The number of fused-ring (bicyclic) bond motifs is 5. The van der Waals surface area contributed by atoms with Crippen molar-refractivity contribution in [3.8, 4) is 11.5 Å². The summed E-state index contributed by atoms with van der Waals surface area (Å²) in [5, 5.41) is 4.16. The fraction of sp³-hybridized carbons (Fsp3) is 0.214. The van der Waals surface area contributed by atoms with Gasteiger partial charge in [0.2, 0.25) is 0 Å². The molecule has 0 saturated carbocycles. The molecule has 0 aliphatic carbocycles. The summed E-state index contributed by atoms with van der Waals surface area (Å²) in [7, 11) is -0.587. The lowest BCUT2D eigenvalue weighted by Crippen LogP contribution is -2.59. The third kappa shape index (κ3) is 7.75. The Hall–Kier alpha value is -6.09. The molecule has 1 spiro atoms. The van der Waals surface area contributed by atoms with Gasteiger partial charge < -0.3 is 9.47 Å². The van der Waals surface area contributed by atoms with Gasteiger partial charge in [0.25, 0.3) is 11.4 Å². The SMILES string of the molecule is Cc1ccc(CCCCc2cc(C)c3c(c2)C=[N+]2c4ccccc4[N+]4=Cc5cc(CCCCc6ccc(P(c7ccccc7)c7ccccc7)cc6)cc(C)c5OC24O3)cc1. The second-order valence-electron chi connectivity index (χ2n) is 17.0. The van der Waals surface area contributed by atoms with Crippen LogP contribution in [-0.4, -0.2) is 27.6 Å². The van der Waals surface area contributed by atoms with Gasteiger partial charge in [0.05, 0.1) is 11.1 Å². The topological polar surface area (TPSA) is 24.5 Å². The van der Waals surface area contributed by atoms with Gasteiger partial charge in [-0.2, -0.15) is 0 Å². The molecular formula is C56H53N2O2P+2. The van der Waals surface area contributed by atoms with Crippen molar-refractivity contribution in [1.82, 2.24) is 0 Å². The molecule has 0 bridgehead atoms. The van der Waals surface area contributed by atoms with E-state index in [1.807, 2.05) is 0 Å². The first-order chi connectivity index (χ1) is 29.9. The van der Waals surface area contributed by atoms with Gasteiger partial charge in [0.1, 0.15) is 0 Å². The maximum atomic E-state index is 7.12. The lowest BCUT2D eigenvalue weighted by Gasteiger charge is -2.28. The van der Waals surface area contributed by atoms with Crippen molar-refractivity contribution in [3.05, 3.63) is 208 Å². The molecule has 61 heavy (non-hydrogen) atoms. The number of rotatable bonds is 13. The van der Waals surface area contributed by atoms with Gasteiger partial charge in [-0.15, -0.1) is 0 Å². The number of aryl methyl sites for hydroxylation is 7. The smallest absolute Gasteiger partial charge is 0.340 e. The van der Waals surface area contributed by atoms with Crippen molar-refractivity contribution < 1.29 is 18.6 Å². The fourth-order valence-electron chi connectivity index (χ4n) is 9.36. The minimum Gasteiger partial charge on any atom is -0.340 e. The van der Waals surface area contributed by atoms with Crippen LogP contribution in [0.2, 0.25) is 0 Å². The van der Waals surface area contributed by atoms with Crippen LogP contribution < -0.4 is 25.4 Å². The standard InChI is InChI=1S/C56H53N2O2P/c1-40-26-28-43(29-27-40)16-10-12-18-45-34-41(2)54-47(36-45)38-57-52-24-14-15-25-53(52)58-39-48-37-46(35-42(3)55(48)60-56(57,58)59-54)19-13-11-17-44-30-32-51(33-31-44)61(49-20-6-4-7-21-49)50-22-8-5-9-23-50/h4-9,14-15,20-39H,10-13,16-19H2,1-3H3/q+2. The van der Waals surface area contributed by atoms with E-state index in [4.69, 9.17) is 9.47 Å². The Kier molecular flexibility index (Phi) is 10.7. The molecule has 0 saturated heterocycles. The monoisotopic (exact) mass is 816 g/mol. The van der Waals surface area contributed by atoms with Crippen LogP contribution in [0, 0.1) is 20.8 Å². The molecule has 0 aromatic heterocycles. The molecule has 10 rings (SSSR count). The van der Waals surface area contributed by atoms with Gasteiger partial charge >= 0.3 is 6.03 Å². The van der Waals surface area contributed by atoms with E-state index < -0.39 is 14.0 Å². The third-order valence-corrected chi connectivity index (χ3v) is 14.9. The average Bonchev–Trinajstić information content (AvgIpc) is 3.56. The summed E-state index contributed by atoms with van der Waals surface area (Å²) < 4.78 is 18.6. The Bertz CT molecular complexity index is 2740. The van der Waals surface area contributed by atoms with Crippen LogP contribution in [0.15, 0.2) is 158 Å². The molecule has 1 unspecified atom stereocenters. The van der Waals surface area contributed by atoms with Gasteiger partial charge in [0, 0.05) is 12.1 Å². The van der Waals surface area contributed by atoms with E-state index >= 15 is 0 Å². The van der Waals surface area contributed by atoms with Crippen molar-refractivity contribution in [2.75, 3.05) is 0 Å². The van der Waals surface area contributed by atoms with Crippen molar-refractivity contribution in [2.24, 2.45) is 0 Å². The molecule has 3 aliphatic heterocycles. The van der Waals surface area contributed by atoms with Crippen LogP contribution in [-0.2, 0) is 25.7 Å². The maximum Gasteiger partial charge on any atom is 0.715 e. The van der Waals surface area contributed by atoms with Crippen LogP contribution >= 0.6 is 7.92 Å². The van der Waals surface area contributed by atoms with E-state index in [9.17, 15) is 0 Å².